The molecule has 136 valence electrons. The first-order chi connectivity index (χ1) is 12.2. The number of halogens is 1. The molecular formula is C17H18FN5O2S. The van der Waals surface area contributed by atoms with Gasteiger partial charge < -0.3 is 9.88 Å². The Morgan fingerprint density at radius 3 is 2.96 bits per heavy atom. The summed E-state index contributed by atoms with van der Waals surface area (Å²) in [6.45, 7) is 1.85. The molecule has 2 atom stereocenters. The predicted molar refractivity (Wildman–Crippen MR) is 94.5 cm³/mol. The number of fused-ring (bicyclic) bond motifs is 1. The van der Waals surface area contributed by atoms with Crippen molar-refractivity contribution in [3.63, 3.8) is 0 Å². The number of nitrogens with zero attached hydrogens (tertiary/aromatic N) is 2. The number of nitriles is 1. The van der Waals surface area contributed by atoms with Crippen LogP contribution in [0.3, 0.4) is 0 Å². The van der Waals surface area contributed by atoms with Crippen LogP contribution in [0.5, 0.6) is 0 Å². The monoisotopic (exact) mass is 375 g/mol. The fourth-order valence-corrected chi connectivity index (χ4v) is 4.74. The fraction of sp³-hybridized carbons (Fsp3) is 0.294. The third-order valence-corrected chi connectivity index (χ3v) is 6.02. The second kappa shape index (κ2) is 6.55. The van der Waals surface area contributed by atoms with Crippen molar-refractivity contribution in [2.45, 2.75) is 30.7 Å². The maximum atomic E-state index is 13.4. The molecule has 2 heterocycles. The van der Waals surface area contributed by atoms with Crippen molar-refractivity contribution in [1.29, 1.82) is 10.0 Å². The van der Waals surface area contributed by atoms with E-state index in [0.29, 0.717) is 29.0 Å². The van der Waals surface area contributed by atoms with Gasteiger partial charge in [0.15, 0.2) is 0 Å². The van der Waals surface area contributed by atoms with Gasteiger partial charge in [-0.25, -0.2) is 18.1 Å². The zero-order chi connectivity index (χ0) is 19.1. The molecule has 9 heteroatoms. The Kier molecular flexibility index (Phi) is 4.56. The summed E-state index contributed by atoms with van der Waals surface area (Å²) < 4.78 is 38.6. The summed E-state index contributed by atoms with van der Waals surface area (Å²) in [5.41, 5.74) is 0.999. The maximum absolute atomic E-state index is 13.4. The summed E-state index contributed by atoms with van der Waals surface area (Å²) in [6.07, 6.45) is 2.69. The minimum absolute atomic E-state index is 0.107. The van der Waals surface area contributed by atoms with E-state index in [2.05, 4.69) is 10.0 Å². The molecule has 2 aromatic rings. The predicted octanol–water partition coefficient (Wildman–Crippen LogP) is 2.53. The second-order valence-electron chi connectivity index (χ2n) is 6.31. The summed E-state index contributed by atoms with van der Waals surface area (Å²) in [7, 11) is -1.55. The molecule has 3 rings (SSSR count). The lowest BCUT2D eigenvalue weighted by Crippen LogP contribution is -2.29. The number of amides is 1. The number of carbonyl (C=O) groups is 1. The van der Waals surface area contributed by atoms with Gasteiger partial charge in [0.25, 0.3) is 5.91 Å². The van der Waals surface area contributed by atoms with Crippen LogP contribution in [-0.4, -0.2) is 20.7 Å². The molecule has 1 unspecified atom stereocenters. The average Bonchev–Trinajstić information content (AvgIpc) is 2.86. The van der Waals surface area contributed by atoms with Crippen molar-refractivity contribution in [2.24, 2.45) is 7.05 Å². The third kappa shape index (κ3) is 3.21. The lowest BCUT2D eigenvalue weighted by atomic mass is 10.1. The maximum Gasteiger partial charge on any atom is 0.272 e. The quantitative estimate of drug-likeness (QED) is 0.750. The van der Waals surface area contributed by atoms with E-state index in [-0.39, 0.29) is 17.3 Å². The van der Waals surface area contributed by atoms with Crippen molar-refractivity contribution in [2.75, 3.05) is 5.32 Å². The van der Waals surface area contributed by atoms with Gasteiger partial charge in [-0.2, -0.15) is 5.26 Å². The molecular weight excluding hydrogens is 357 g/mol. The molecule has 0 bridgehead atoms. The molecule has 7 nitrogen and oxygen atoms in total. The molecule has 1 aromatic carbocycles. The van der Waals surface area contributed by atoms with Gasteiger partial charge in [0.2, 0.25) is 0 Å². The smallest absolute Gasteiger partial charge is 0.272 e. The summed E-state index contributed by atoms with van der Waals surface area (Å²) in [6, 6.07) is 5.36. The van der Waals surface area contributed by atoms with E-state index in [0.717, 1.165) is 6.07 Å². The molecule has 1 amide bonds. The number of carbonyl (C=O) groups excluding carboxylic acids is 1. The molecule has 0 saturated carbocycles. The highest BCUT2D eigenvalue weighted by Gasteiger charge is 2.29. The summed E-state index contributed by atoms with van der Waals surface area (Å²) in [5, 5.41) is 11.6. The van der Waals surface area contributed by atoms with Crippen LogP contribution in [0.4, 0.5) is 10.1 Å². The molecule has 1 aromatic heterocycles. The van der Waals surface area contributed by atoms with Crippen molar-refractivity contribution >= 4 is 21.5 Å². The van der Waals surface area contributed by atoms with E-state index < -0.39 is 21.6 Å². The zero-order valence-electron chi connectivity index (χ0n) is 14.3. The minimum atomic E-state index is -3.20. The third-order valence-electron chi connectivity index (χ3n) is 4.31. The van der Waals surface area contributed by atoms with Gasteiger partial charge >= 0.3 is 0 Å². The minimum Gasteiger partial charge on any atom is -0.345 e. The summed E-state index contributed by atoms with van der Waals surface area (Å²) in [5.74, 6) is -1.12. The number of anilines is 1. The van der Waals surface area contributed by atoms with Gasteiger partial charge in [-0.15, -0.1) is 0 Å². The van der Waals surface area contributed by atoms with Crippen molar-refractivity contribution in [3.8, 4) is 6.07 Å². The normalized spacial score (nSPS) is 22.2. The Bertz CT molecular complexity index is 1040. The number of benzene rings is 1. The van der Waals surface area contributed by atoms with Gasteiger partial charge in [-0.05, 0) is 38.0 Å². The fourth-order valence-electron chi connectivity index (χ4n) is 3.08. The van der Waals surface area contributed by atoms with Crippen molar-refractivity contribution in [3.05, 3.63) is 47.0 Å². The van der Waals surface area contributed by atoms with Gasteiger partial charge in [0, 0.05) is 30.5 Å². The Labute approximate surface area is 150 Å². The highest BCUT2D eigenvalue weighted by molar-refractivity contribution is 7.90. The molecule has 3 N–H and O–H groups in total. The Hall–Kier alpha value is -2.70. The topological polar surface area (TPSA) is 111 Å². The number of aromatic nitrogens is 1. The molecule has 1 aliphatic heterocycles. The van der Waals surface area contributed by atoms with Crippen LogP contribution in [0, 0.1) is 21.9 Å². The van der Waals surface area contributed by atoms with Gasteiger partial charge in [0.05, 0.1) is 10.5 Å². The second-order valence-corrected chi connectivity index (χ2v) is 8.09. The number of rotatable bonds is 2. The number of hydrogen-bond acceptors (Lipinski definition) is 4. The lowest BCUT2D eigenvalue weighted by molar-refractivity contribution is 0.101. The van der Waals surface area contributed by atoms with Crippen LogP contribution in [0.15, 0.2) is 29.3 Å². The lowest BCUT2D eigenvalue weighted by Gasteiger charge is -2.11. The zero-order valence-corrected chi connectivity index (χ0v) is 15.1. The van der Waals surface area contributed by atoms with E-state index in [4.69, 9.17) is 10.0 Å². The number of nitrogens with one attached hydrogen (secondary N) is 3. The summed E-state index contributed by atoms with van der Waals surface area (Å²) in [4.78, 5) is 13.1. The van der Waals surface area contributed by atoms with E-state index >= 15 is 0 Å². The van der Waals surface area contributed by atoms with Crippen LogP contribution < -0.4 is 10.0 Å². The SMILES string of the molecule is C[C@@H]1CCc2c(cn(C)c2C(=O)Nc2ccc(F)c(C#N)c2)S(=N)(=O)N1. The van der Waals surface area contributed by atoms with E-state index in [9.17, 15) is 13.4 Å². The van der Waals surface area contributed by atoms with E-state index in [1.165, 1.54) is 18.3 Å². The molecule has 0 saturated heterocycles. The highest BCUT2D eigenvalue weighted by atomic mass is 32.2. The Morgan fingerprint density at radius 2 is 2.27 bits per heavy atom. The first-order valence-corrected chi connectivity index (χ1v) is 9.54. The number of hydrogen-bond donors (Lipinski definition) is 3. The summed E-state index contributed by atoms with van der Waals surface area (Å²) >= 11 is 0. The van der Waals surface area contributed by atoms with E-state index in [1.54, 1.807) is 17.7 Å². The van der Waals surface area contributed by atoms with Crippen LogP contribution in [0.2, 0.25) is 0 Å². The van der Waals surface area contributed by atoms with E-state index in [1.807, 2.05) is 6.92 Å². The van der Waals surface area contributed by atoms with Crippen LogP contribution in [0.1, 0.15) is 35.0 Å². The standard InChI is InChI=1S/C17H18FN5O2S/c1-10-3-5-13-15(26(20,25)22-10)9-23(2)16(13)17(24)21-12-4-6-14(18)11(7-12)8-19/h4,6-7,9-10H,3,5H2,1-2H3,(H,21,24)(H2,20,22,25)/t10-,26?/m1/s1. The molecule has 26 heavy (non-hydrogen) atoms. The van der Waals surface area contributed by atoms with Gasteiger partial charge in [-0.1, -0.05) is 0 Å². The Balaban J connectivity index is 1.99. The highest BCUT2D eigenvalue weighted by Crippen LogP contribution is 2.28. The van der Waals surface area contributed by atoms with Gasteiger partial charge in [-0.3, -0.25) is 4.79 Å². The first-order valence-electron chi connectivity index (χ1n) is 7.98. The van der Waals surface area contributed by atoms with Crippen LogP contribution in [0.25, 0.3) is 0 Å². The molecule has 0 spiro atoms. The average molecular weight is 375 g/mol. The Morgan fingerprint density at radius 1 is 1.54 bits per heavy atom. The molecule has 0 aliphatic carbocycles. The van der Waals surface area contributed by atoms with Crippen LogP contribution >= 0.6 is 0 Å². The number of aryl methyl sites for hydroxylation is 1. The van der Waals surface area contributed by atoms with Crippen molar-refractivity contribution < 1.29 is 13.4 Å². The van der Waals surface area contributed by atoms with Crippen LogP contribution in [-0.2, 0) is 23.4 Å². The van der Waals surface area contributed by atoms with Crippen molar-refractivity contribution in [1.82, 2.24) is 9.29 Å². The molecule has 0 fully saturated rings. The largest absolute Gasteiger partial charge is 0.345 e. The van der Waals surface area contributed by atoms with Gasteiger partial charge in [0.1, 0.15) is 27.5 Å². The molecule has 0 radical (unpaired) electrons. The first kappa shape index (κ1) is 18.1. The molecule has 1 aliphatic rings.